The van der Waals surface area contributed by atoms with Gasteiger partial charge in [0.1, 0.15) is 11.3 Å². The number of nitrogens with zero attached hydrogens (tertiary/aromatic N) is 3. The molecule has 3 aromatic heterocycles. The molecule has 0 unspecified atom stereocenters. The van der Waals surface area contributed by atoms with Crippen molar-refractivity contribution in [3.8, 4) is 11.1 Å². The number of pyridine rings is 2. The lowest BCUT2D eigenvalue weighted by Crippen LogP contribution is -2.18. The molecule has 168 valence electrons. The van der Waals surface area contributed by atoms with E-state index in [1.54, 1.807) is 0 Å². The molecule has 0 bridgehead atoms. The van der Waals surface area contributed by atoms with Gasteiger partial charge in [-0.2, -0.15) is 0 Å². The topological polar surface area (TPSA) is 30.2 Å². The van der Waals surface area contributed by atoms with Gasteiger partial charge in [-0.3, -0.25) is 9.38 Å². The summed E-state index contributed by atoms with van der Waals surface area (Å²) in [6, 6.07) is 12.7. The van der Waals surface area contributed by atoms with Crippen LogP contribution in [0.25, 0.3) is 38.4 Å². The number of benzene rings is 2. The van der Waals surface area contributed by atoms with Gasteiger partial charge in [0.2, 0.25) is 0 Å². The molecule has 3 heterocycles. The minimum Gasteiger partial charge on any atom is -0.299 e. The highest BCUT2D eigenvalue weighted by atomic mass is 19.1. The molecule has 0 radical (unpaired) electrons. The third kappa shape index (κ3) is 3.15. The Morgan fingerprint density at radius 1 is 0.909 bits per heavy atom. The fourth-order valence-electron chi connectivity index (χ4n) is 5.45. The Hall–Kier alpha value is -3.27. The van der Waals surface area contributed by atoms with Crippen LogP contribution in [0.3, 0.4) is 0 Å². The van der Waals surface area contributed by atoms with Crippen LogP contribution < -0.4 is 0 Å². The van der Waals surface area contributed by atoms with Crippen molar-refractivity contribution in [1.29, 1.82) is 0 Å². The predicted octanol–water partition coefficient (Wildman–Crippen LogP) is 7.92. The molecule has 5 rings (SSSR count). The lowest BCUT2D eigenvalue weighted by atomic mass is 9.83. The third-order valence-corrected chi connectivity index (χ3v) is 7.14. The highest BCUT2D eigenvalue weighted by Crippen LogP contribution is 2.45. The standard InChI is InChI=1S/C29H30FN3/c1-7-29(30,8-2)24-12-11-22(21-10-9-19(5)32-20(21)6)25-23-16-17(3)15-18(4)27(23)33-14-13-31-28(33)26(24)25/h9-16H,7-8H2,1-6H3. The molecular formula is C29H30FN3. The van der Waals surface area contributed by atoms with Gasteiger partial charge < -0.3 is 0 Å². The summed E-state index contributed by atoms with van der Waals surface area (Å²) < 4.78 is 18.5. The highest BCUT2D eigenvalue weighted by molar-refractivity contribution is 6.19. The van der Waals surface area contributed by atoms with Crippen molar-refractivity contribution in [3.05, 3.63) is 76.9 Å². The van der Waals surface area contributed by atoms with Gasteiger partial charge >= 0.3 is 0 Å². The smallest absolute Gasteiger partial charge is 0.145 e. The van der Waals surface area contributed by atoms with E-state index < -0.39 is 5.67 Å². The summed E-state index contributed by atoms with van der Waals surface area (Å²) in [5, 5.41) is 3.09. The molecule has 33 heavy (non-hydrogen) atoms. The van der Waals surface area contributed by atoms with Crippen LogP contribution in [0.1, 0.15) is 54.8 Å². The molecule has 0 fully saturated rings. The van der Waals surface area contributed by atoms with Crippen molar-refractivity contribution in [1.82, 2.24) is 14.4 Å². The summed E-state index contributed by atoms with van der Waals surface area (Å²) in [5.41, 5.74) is 7.72. The van der Waals surface area contributed by atoms with Gasteiger partial charge in [0, 0.05) is 51.1 Å². The van der Waals surface area contributed by atoms with Crippen LogP contribution >= 0.6 is 0 Å². The third-order valence-electron chi connectivity index (χ3n) is 7.14. The number of alkyl halides is 1. The fourth-order valence-corrected chi connectivity index (χ4v) is 5.45. The molecule has 4 heteroatoms. The van der Waals surface area contributed by atoms with E-state index in [2.05, 4.69) is 42.5 Å². The Morgan fingerprint density at radius 3 is 2.33 bits per heavy atom. The molecule has 0 aliphatic heterocycles. The van der Waals surface area contributed by atoms with E-state index in [1.807, 2.05) is 52.2 Å². The van der Waals surface area contributed by atoms with Crippen molar-refractivity contribution in [2.45, 2.75) is 60.1 Å². The van der Waals surface area contributed by atoms with Gasteiger partial charge in [0.25, 0.3) is 0 Å². The molecule has 0 aliphatic carbocycles. The van der Waals surface area contributed by atoms with Crippen molar-refractivity contribution in [3.63, 3.8) is 0 Å². The predicted molar refractivity (Wildman–Crippen MR) is 136 cm³/mol. The second-order valence-corrected chi connectivity index (χ2v) is 9.27. The highest BCUT2D eigenvalue weighted by Gasteiger charge is 2.32. The lowest BCUT2D eigenvalue weighted by molar-refractivity contribution is 0.154. The second-order valence-electron chi connectivity index (χ2n) is 9.27. The summed E-state index contributed by atoms with van der Waals surface area (Å²) in [7, 11) is 0. The Morgan fingerprint density at radius 2 is 1.64 bits per heavy atom. The van der Waals surface area contributed by atoms with Crippen LogP contribution in [0.5, 0.6) is 0 Å². The average molecular weight is 440 g/mol. The number of fused-ring (bicyclic) bond motifs is 6. The molecule has 0 N–H and O–H groups in total. The molecule has 3 nitrogen and oxygen atoms in total. The average Bonchev–Trinajstić information content (AvgIpc) is 3.27. The first kappa shape index (κ1) is 21.6. The van der Waals surface area contributed by atoms with E-state index in [4.69, 9.17) is 9.97 Å². The first-order valence-corrected chi connectivity index (χ1v) is 11.8. The van der Waals surface area contributed by atoms with Crippen molar-refractivity contribution in [2.75, 3.05) is 0 Å². The van der Waals surface area contributed by atoms with Gasteiger partial charge in [0.05, 0.1) is 5.52 Å². The molecule has 0 spiro atoms. The molecule has 2 aromatic carbocycles. The van der Waals surface area contributed by atoms with Crippen molar-refractivity contribution in [2.24, 2.45) is 0 Å². The van der Waals surface area contributed by atoms with Gasteiger partial charge in [-0.15, -0.1) is 0 Å². The zero-order chi connectivity index (χ0) is 23.5. The minimum atomic E-state index is -1.42. The van der Waals surface area contributed by atoms with E-state index in [9.17, 15) is 0 Å². The Balaban J connectivity index is 2.10. The maximum Gasteiger partial charge on any atom is 0.145 e. The van der Waals surface area contributed by atoms with Crippen molar-refractivity contribution < 1.29 is 4.39 Å². The Labute approximate surface area is 194 Å². The zero-order valence-electron chi connectivity index (χ0n) is 20.3. The van der Waals surface area contributed by atoms with Gasteiger partial charge in [-0.25, -0.2) is 9.37 Å². The van der Waals surface area contributed by atoms with Gasteiger partial charge in [-0.1, -0.05) is 43.7 Å². The number of hydrogen-bond donors (Lipinski definition) is 0. The molecule has 0 atom stereocenters. The van der Waals surface area contributed by atoms with E-state index >= 15 is 4.39 Å². The summed E-state index contributed by atoms with van der Waals surface area (Å²) in [6.07, 6.45) is 4.65. The Kier molecular flexibility index (Phi) is 5.00. The zero-order valence-corrected chi connectivity index (χ0v) is 20.3. The quantitative estimate of drug-likeness (QED) is 0.266. The molecular weight excluding hydrogens is 409 g/mol. The molecule has 0 saturated carbocycles. The van der Waals surface area contributed by atoms with E-state index in [0.29, 0.717) is 12.8 Å². The molecule has 0 saturated heterocycles. The number of imidazole rings is 1. The maximum atomic E-state index is 16.3. The summed E-state index contributed by atoms with van der Waals surface area (Å²) >= 11 is 0. The minimum absolute atomic E-state index is 0.417. The van der Waals surface area contributed by atoms with Crippen molar-refractivity contribution >= 4 is 27.3 Å². The van der Waals surface area contributed by atoms with E-state index in [0.717, 1.165) is 55.4 Å². The van der Waals surface area contributed by atoms with E-state index in [-0.39, 0.29) is 0 Å². The van der Waals surface area contributed by atoms with Crippen LogP contribution in [-0.2, 0) is 5.67 Å². The fraction of sp³-hybridized carbons (Fsp3) is 0.310. The number of halogens is 1. The van der Waals surface area contributed by atoms with Gasteiger partial charge in [0.15, 0.2) is 0 Å². The normalized spacial score (nSPS) is 12.3. The van der Waals surface area contributed by atoms with Gasteiger partial charge in [-0.05, 0) is 63.8 Å². The maximum absolute atomic E-state index is 16.3. The SMILES string of the molecule is CCC(F)(CC)c1ccc(-c2ccc(C)nc2C)c2c3cc(C)cc(C)c3n3ccnc3c12. The summed E-state index contributed by atoms with van der Waals surface area (Å²) in [5.74, 6) is 0. The van der Waals surface area contributed by atoms with Crippen LogP contribution in [0.4, 0.5) is 4.39 Å². The van der Waals surface area contributed by atoms with E-state index in [1.165, 1.54) is 11.1 Å². The molecule has 0 aliphatic rings. The number of aromatic nitrogens is 3. The monoisotopic (exact) mass is 439 g/mol. The number of hydrogen-bond acceptors (Lipinski definition) is 2. The lowest BCUT2D eigenvalue weighted by Gasteiger charge is -2.26. The first-order chi connectivity index (χ1) is 15.8. The summed E-state index contributed by atoms with van der Waals surface area (Å²) in [4.78, 5) is 9.49. The summed E-state index contributed by atoms with van der Waals surface area (Å²) in [6.45, 7) is 12.2. The van der Waals surface area contributed by atoms with Crippen LogP contribution in [0.15, 0.2) is 48.8 Å². The largest absolute Gasteiger partial charge is 0.299 e. The second kappa shape index (κ2) is 7.65. The van der Waals surface area contributed by atoms with Crippen LogP contribution in [0.2, 0.25) is 0 Å². The Bertz CT molecular complexity index is 1540. The number of rotatable bonds is 4. The van der Waals surface area contributed by atoms with Crippen LogP contribution in [-0.4, -0.2) is 14.4 Å². The van der Waals surface area contributed by atoms with Crippen LogP contribution in [0, 0.1) is 27.7 Å². The molecule has 5 aromatic rings. The first-order valence-electron chi connectivity index (χ1n) is 11.8. The number of aryl methyl sites for hydroxylation is 4. The molecule has 0 amide bonds.